The second-order valence-electron chi connectivity index (χ2n) is 4.15. The minimum atomic E-state index is -0.596. The van der Waals surface area contributed by atoms with Gasteiger partial charge in [-0.15, -0.1) is 0 Å². The molecule has 0 atom stereocenters. The summed E-state index contributed by atoms with van der Waals surface area (Å²) in [6.45, 7) is 2.37. The Morgan fingerprint density at radius 1 is 1.19 bits per heavy atom. The molecule has 0 saturated heterocycles. The third kappa shape index (κ3) is 2.61. The van der Waals surface area contributed by atoms with Crippen LogP contribution in [0.25, 0.3) is 0 Å². The van der Waals surface area contributed by atoms with Crippen molar-refractivity contribution >= 4 is 0 Å². The van der Waals surface area contributed by atoms with Crippen LogP contribution in [0.3, 0.4) is 0 Å². The van der Waals surface area contributed by atoms with Gasteiger partial charge in [-0.2, -0.15) is 0 Å². The number of aliphatic hydroxyl groups excluding tert-OH is 2. The van der Waals surface area contributed by atoms with Crippen LogP contribution in [-0.4, -0.2) is 37.1 Å². The van der Waals surface area contributed by atoms with Crippen molar-refractivity contribution in [3.05, 3.63) is 35.4 Å². The number of aryl methyl sites for hydroxylation is 1. The number of hydrogen-bond acceptors (Lipinski definition) is 3. The number of benzene rings is 1. The first-order valence-electron chi connectivity index (χ1n) is 5.47. The predicted octanol–water partition coefficient (Wildman–Crippen LogP) is 1.25. The summed E-state index contributed by atoms with van der Waals surface area (Å²) in [7, 11) is 1.62. The number of aliphatic hydroxyl groups is 2. The fraction of sp³-hybridized carbons (Fsp3) is 0.538. The fourth-order valence-electron chi connectivity index (χ4n) is 1.98. The van der Waals surface area contributed by atoms with Crippen molar-refractivity contribution in [1.29, 1.82) is 0 Å². The van der Waals surface area contributed by atoms with Gasteiger partial charge in [0.15, 0.2) is 0 Å². The molecule has 0 aliphatic heterocycles. The molecule has 1 rings (SSSR count). The maximum absolute atomic E-state index is 9.57. The van der Waals surface area contributed by atoms with Gasteiger partial charge in [0.05, 0.1) is 13.2 Å². The maximum Gasteiger partial charge on any atom is 0.0551 e. The van der Waals surface area contributed by atoms with Crippen LogP contribution in [0.2, 0.25) is 0 Å². The first kappa shape index (κ1) is 13.2. The van der Waals surface area contributed by atoms with E-state index in [1.165, 1.54) is 0 Å². The Morgan fingerprint density at radius 2 is 1.81 bits per heavy atom. The van der Waals surface area contributed by atoms with Gasteiger partial charge in [-0.25, -0.2) is 0 Å². The first-order chi connectivity index (χ1) is 7.70. The lowest BCUT2D eigenvalue weighted by Gasteiger charge is -2.31. The molecule has 2 N–H and O–H groups in total. The fourth-order valence-corrected chi connectivity index (χ4v) is 1.98. The Labute approximate surface area is 96.7 Å². The Kier molecular flexibility index (Phi) is 4.93. The normalized spacial score (nSPS) is 11.8. The molecule has 0 radical (unpaired) electrons. The molecule has 0 saturated carbocycles. The molecule has 1 aromatic rings. The molecule has 0 heterocycles. The van der Waals surface area contributed by atoms with Crippen molar-refractivity contribution in [2.75, 3.05) is 26.9 Å². The van der Waals surface area contributed by atoms with Crippen molar-refractivity contribution in [2.45, 2.75) is 18.8 Å². The van der Waals surface area contributed by atoms with Gasteiger partial charge in [0.1, 0.15) is 0 Å². The van der Waals surface area contributed by atoms with Crippen molar-refractivity contribution in [3.63, 3.8) is 0 Å². The van der Waals surface area contributed by atoms with Gasteiger partial charge in [-0.05, 0) is 24.5 Å². The van der Waals surface area contributed by atoms with Gasteiger partial charge < -0.3 is 14.9 Å². The highest BCUT2D eigenvalue weighted by molar-refractivity contribution is 5.33. The second-order valence-corrected chi connectivity index (χ2v) is 4.15. The van der Waals surface area contributed by atoms with E-state index < -0.39 is 5.41 Å². The highest BCUT2D eigenvalue weighted by Gasteiger charge is 2.31. The van der Waals surface area contributed by atoms with E-state index in [0.29, 0.717) is 13.0 Å². The number of ether oxygens (including phenoxy) is 1. The Hall–Kier alpha value is -0.900. The molecule has 3 heteroatoms. The van der Waals surface area contributed by atoms with Gasteiger partial charge >= 0.3 is 0 Å². The second kappa shape index (κ2) is 5.99. The summed E-state index contributed by atoms with van der Waals surface area (Å²) in [4.78, 5) is 0. The van der Waals surface area contributed by atoms with Crippen molar-refractivity contribution < 1.29 is 14.9 Å². The van der Waals surface area contributed by atoms with E-state index >= 15 is 0 Å². The lowest BCUT2D eigenvalue weighted by molar-refractivity contribution is 0.0790. The van der Waals surface area contributed by atoms with Crippen LogP contribution < -0.4 is 0 Å². The smallest absolute Gasteiger partial charge is 0.0551 e. The average Bonchev–Trinajstić information content (AvgIpc) is 2.33. The van der Waals surface area contributed by atoms with Gasteiger partial charge in [0, 0.05) is 19.1 Å². The standard InChI is InChI=1S/C13H20O3/c1-11-5-3-4-6-12(11)13(9-14,10-15)7-8-16-2/h3-6,14-15H,7-10H2,1-2H3. The quantitative estimate of drug-likeness (QED) is 0.764. The zero-order chi connectivity index (χ0) is 12.0. The molecule has 0 amide bonds. The highest BCUT2D eigenvalue weighted by Crippen LogP contribution is 2.29. The van der Waals surface area contributed by atoms with E-state index in [9.17, 15) is 10.2 Å². The molecule has 90 valence electrons. The summed E-state index contributed by atoms with van der Waals surface area (Å²) in [5.41, 5.74) is 1.49. The monoisotopic (exact) mass is 224 g/mol. The van der Waals surface area contributed by atoms with Crippen LogP contribution >= 0.6 is 0 Å². The molecule has 0 aliphatic carbocycles. The zero-order valence-electron chi connectivity index (χ0n) is 9.94. The summed E-state index contributed by atoms with van der Waals surface area (Å²) in [6.07, 6.45) is 0.612. The Morgan fingerprint density at radius 3 is 2.31 bits per heavy atom. The summed E-state index contributed by atoms with van der Waals surface area (Å²) in [5.74, 6) is 0. The van der Waals surface area contributed by atoms with Gasteiger partial charge in [-0.3, -0.25) is 0 Å². The minimum absolute atomic E-state index is 0.0717. The van der Waals surface area contributed by atoms with E-state index in [2.05, 4.69) is 0 Å². The number of rotatable bonds is 6. The lowest BCUT2D eigenvalue weighted by Crippen LogP contribution is -2.36. The summed E-state index contributed by atoms with van der Waals surface area (Å²) < 4.78 is 5.04. The largest absolute Gasteiger partial charge is 0.395 e. The molecule has 3 nitrogen and oxygen atoms in total. The molecule has 0 aliphatic rings. The average molecular weight is 224 g/mol. The van der Waals surface area contributed by atoms with Crippen LogP contribution in [-0.2, 0) is 10.2 Å². The molecule has 1 aromatic carbocycles. The van der Waals surface area contributed by atoms with E-state index in [-0.39, 0.29) is 13.2 Å². The van der Waals surface area contributed by atoms with Crippen LogP contribution in [0.1, 0.15) is 17.5 Å². The zero-order valence-corrected chi connectivity index (χ0v) is 9.94. The van der Waals surface area contributed by atoms with Gasteiger partial charge in [0.25, 0.3) is 0 Å². The molecular weight excluding hydrogens is 204 g/mol. The molecule has 0 fully saturated rings. The van der Waals surface area contributed by atoms with Gasteiger partial charge in [-0.1, -0.05) is 24.3 Å². The molecule has 0 unspecified atom stereocenters. The van der Waals surface area contributed by atoms with Crippen molar-refractivity contribution in [2.24, 2.45) is 0 Å². The van der Waals surface area contributed by atoms with Crippen LogP contribution in [0.15, 0.2) is 24.3 Å². The van der Waals surface area contributed by atoms with Gasteiger partial charge in [0.2, 0.25) is 0 Å². The minimum Gasteiger partial charge on any atom is -0.395 e. The first-order valence-corrected chi connectivity index (χ1v) is 5.47. The van der Waals surface area contributed by atoms with Crippen molar-refractivity contribution in [1.82, 2.24) is 0 Å². The summed E-state index contributed by atoms with van der Waals surface area (Å²) >= 11 is 0. The SMILES string of the molecule is COCCC(CO)(CO)c1ccccc1C. The highest BCUT2D eigenvalue weighted by atomic mass is 16.5. The van der Waals surface area contributed by atoms with Crippen LogP contribution in [0.5, 0.6) is 0 Å². The van der Waals surface area contributed by atoms with E-state index in [4.69, 9.17) is 4.74 Å². The third-order valence-electron chi connectivity index (χ3n) is 3.11. The Balaban J connectivity index is 3.05. The topological polar surface area (TPSA) is 49.7 Å². The van der Waals surface area contributed by atoms with Crippen LogP contribution in [0.4, 0.5) is 0 Å². The van der Waals surface area contributed by atoms with E-state index in [1.807, 2.05) is 31.2 Å². The predicted molar refractivity (Wildman–Crippen MR) is 63.5 cm³/mol. The maximum atomic E-state index is 9.57. The Bertz CT molecular complexity index is 319. The molecule has 0 spiro atoms. The van der Waals surface area contributed by atoms with E-state index in [1.54, 1.807) is 7.11 Å². The molecule has 0 bridgehead atoms. The summed E-state index contributed by atoms with van der Waals surface area (Å²) in [6, 6.07) is 7.82. The molecule has 0 aromatic heterocycles. The summed E-state index contributed by atoms with van der Waals surface area (Å²) in [5, 5.41) is 19.1. The van der Waals surface area contributed by atoms with E-state index in [0.717, 1.165) is 11.1 Å². The number of hydrogen-bond donors (Lipinski definition) is 2. The van der Waals surface area contributed by atoms with Crippen molar-refractivity contribution in [3.8, 4) is 0 Å². The molecule has 16 heavy (non-hydrogen) atoms. The lowest BCUT2D eigenvalue weighted by atomic mass is 9.77. The third-order valence-corrected chi connectivity index (χ3v) is 3.11. The van der Waals surface area contributed by atoms with Crippen LogP contribution in [0, 0.1) is 6.92 Å². The molecular formula is C13H20O3. The number of methoxy groups -OCH3 is 1.